The fourth-order valence-corrected chi connectivity index (χ4v) is 3.74. The summed E-state index contributed by atoms with van der Waals surface area (Å²) in [6, 6.07) is 8.28. The topological polar surface area (TPSA) is 54.5 Å². The van der Waals surface area contributed by atoms with Crippen molar-refractivity contribution < 1.29 is 9.53 Å². The number of ether oxygens (including phenoxy) is 1. The maximum atomic E-state index is 11.9. The van der Waals surface area contributed by atoms with Crippen LogP contribution in [0.25, 0.3) is 10.2 Å². The number of thiazole rings is 1. The molecule has 2 aromatic rings. The summed E-state index contributed by atoms with van der Waals surface area (Å²) in [5, 5.41) is 4.01. The Morgan fingerprint density at radius 2 is 2.17 bits per heavy atom. The third-order valence-electron chi connectivity index (χ3n) is 3.70. The molecule has 0 unspecified atom stereocenters. The number of aromatic nitrogens is 1. The Balaban J connectivity index is 1.65. The van der Waals surface area contributed by atoms with Crippen LogP contribution in [0.5, 0.6) is 0 Å². The van der Waals surface area contributed by atoms with Crippen LogP contribution in [0.2, 0.25) is 0 Å². The van der Waals surface area contributed by atoms with E-state index >= 15 is 0 Å². The number of fused-ring (bicyclic) bond motifs is 1. The Bertz CT molecular complexity index is 659. The van der Waals surface area contributed by atoms with Gasteiger partial charge in [-0.05, 0) is 45.7 Å². The van der Waals surface area contributed by atoms with Gasteiger partial charge in [0.2, 0.25) is 0 Å². The van der Waals surface area contributed by atoms with E-state index in [0.717, 1.165) is 36.6 Å². The van der Waals surface area contributed by atoms with E-state index in [1.165, 1.54) is 4.70 Å². The molecular weight excluding hydrogens is 310 g/mol. The molecule has 1 fully saturated rings. The number of benzene rings is 1. The van der Waals surface area contributed by atoms with Crippen molar-refractivity contribution in [2.24, 2.45) is 0 Å². The molecule has 2 heterocycles. The third kappa shape index (κ3) is 4.13. The van der Waals surface area contributed by atoms with Gasteiger partial charge in [0.05, 0.1) is 10.2 Å². The quantitative estimate of drug-likeness (QED) is 0.908. The third-order valence-corrected chi connectivity index (χ3v) is 4.79. The van der Waals surface area contributed by atoms with Gasteiger partial charge in [0.15, 0.2) is 5.13 Å². The lowest BCUT2D eigenvalue weighted by Crippen LogP contribution is -2.49. The van der Waals surface area contributed by atoms with E-state index in [2.05, 4.69) is 16.3 Å². The number of anilines is 1. The zero-order chi connectivity index (χ0) is 16.4. The number of carbonyl (C=O) groups is 1. The fourth-order valence-electron chi connectivity index (χ4n) is 2.74. The number of alkyl carbamates (subject to hydrolysis) is 1. The minimum Gasteiger partial charge on any atom is -0.444 e. The highest BCUT2D eigenvalue weighted by Crippen LogP contribution is 2.30. The summed E-state index contributed by atoms with van der Waals surface area (Å²) in [7, 11) is 0. The van der Waals surface area contributed by atoms with Crippen molar-refractivity contribution in [1.29, 1.82) is 0 Å². The Labute approximate surface area is 140 Å². The van der Waals surface area contributed by atoms with Crippen molar-refractivity contribution in [2.75, 3.05) is 18.0 Å². The molecule has 1 N–H and O–H groups in total. The molecule has 0 spiro atoms. The van der Waals surface area contributed by atoms with Gasteiger partial charge in [0.25, 0.3) is 0 Å². The van der Waals surface area contributed by atoms with E-state index in [1.54, 1.807) is 11.3 Å². The van der Waals surface area contributed by atoms with Gasteiger partial charge in [0.1, 0.15) is 5.60 Å². The second-order valence-electron chi connectivity index (χ2n) is 6.90. The van der Waals surface area contributed by atoms with E-state index < -0.39 is 5.60 Å². The Kier molecular flexibility index (Phi) is 4.43. The van der Waals surface area contributed by atoms with Gasteiger partial charge in [-0.2, -0.15) is 0 Å². The smallest absolute Gasteiger partial charge is 0.407 e. The first kappa shape index (κ1) is 16.1. The van der Waals surface area contributed by atoms with Gasteiger partial charge in [0, 0.05) is 19.1 Å². The van der Waals surface area contributed by atoms with Crippen LogP contribution >= 0.6 is 11.3 Å². The van der Waals surface area contributed by atoms with Crippen molar-refractivity contribution in [2.45, 2.75) is 45.3 Å². The lowest BCUT2D eigenvalue weighted by molar-refractivity contribution is 0.0500. The molecule has 0 aliphatic carbocycles. The number of nitrogens with one attached hydrogen (secondary N) is 1. The normalized spacial score (nSPS) is 18.9. The zero-order valence-corrected chi connectivity index (χ0v) is 14.7. The van der Waals surface area contributed by atoms with Crippen LogP contribution in [0, 0.1) is 0 Å². The van der Waals surface area contributed by atoms with Crippen LogP contribution in [0.4, 0.5) is 9.93 Å². The molecule has 3 rings (SSSR count). The average Bonchev–Trinajstić information content (AvgIpc) is 2.89. The van der Waals surface area contributed by atoms with Crippen LogP contribution in [-0.4, -0.2) is 35.8 Å². The number of nitrogens with zero attached hydrogens (tertiary/aromatic N) is 2. The minimum absolute atomic E-state index is 0.102. The van der Waals surface area contributed by atoms with Gasteiger partial charge in [-0.15, -0.1) is 0 Å². The average molecular weight is 333 g/mol. The van der Waals surface area contributed by atoms with E-state index in [0.29, 0.717) is 0 Å². The van der Waals surface area contributed by atoms with Crippen LogP contribution < -0.4 is 10.2 Å². The Morgan fingerprint density at radius 3 is 2.91 bits per heavy atom. The Hall–Kier alpha value is -1.82. The lowest BCUT2D eigenvalue weighted by Gasteiger charge is -2.33. The minimum atomic E-state index is -0.467. The second kappa shape index (κ2) is 6.35. The van der Waals surface area contributed by atoms with Gasteiger partial charge in [-0.25, -0.2) is 9.78 Å². The van der Waals surface area contributed by atoms with Crippen molar-refractivity contribution in [3.05, 3.63) is 24.3 Å². The highest BCUT2D eigenvalue weighted by atomic mass is 32.1. The first-order chi connectivity index (χ1) is 10.9. The largest absolute Gasteiger partial charge is 0.444 e. The Morgan fingerprint density at radius 1 is 1.39 bits per heavy atom. The molecule has 1 aliphatic rings. The summed E-state index contributed by atoms with van der Waals surface area (Å²) in [6.07, 6.45) is 1.67. The highest BCUT2D eigenvalue weighted by Gasteiger charge is 2.25. The molecule has 1 amide bonds. The summed E-state index contributed by atoms with van der Waals surface area (Å²) in [4.78, 5) is 18.9. The van der Waals surface area contributed by atoms with E-state index in [-0.39, 0.29) is 12.1 Å². The molecule has 1 aromatic carbocycles. The van der Waals surface area contributed by atoms with Gasteiger partial charge >= 0.3 is 6.09 Å². The number of amides is 1. The monoisotopic (exact) mass is 333 g/mol. The zero-order valence-electron chi connectivity index (χ0n) is 13.8. The first-order valence-corrected chi connectivity index (χ1v) is 8.82. The number of piperidine rings is 1. The van der Waals surface area contributed by atoms with Crippen molar-refractivity contribution in [1.82, 2.24) is 10.3 Å². The molecule has 0 saturated carbocycles. The number of hydrogen-bond acceptors (Lipinski definition) is 5. The molecule has 1 atom stereocenters. The molecule has 1 aliphatic heterocycles. The van der Waals surface area contributed by atoms with Crippen molar-refractivity contribution >= 4 is 32.8 Å². The standard InChI is InChI=1S/C17H23N3O2S/c1-17(2,3)22-16(21)18-12-7-6-10-20(11-12)15-19-13-8-4-5-9-14(13)23-15/h4-5,8-9,12H,6-7,10-11H2,1-3H3,(H,18,21)/t12-/m1/s1. The van der Waals surface area contributed by atoms with Gasteiger partial charge in [-0.1, -0.05) is 23.5 Å². The fraction of sp³-hybridized carbons (Fsp3) is 0.529. The van der Waals surface area contributed by atoms with Crippen LogP contribution in [0.3, 0.4) is 0 Å². The van der Waals surface area contributed by atoms with E-state index in [4.69, 9.17) is 9.72 Å². The molecule has 23 heavy (non-hydrogen) atoms. The van der Waals surface area contributed by atoms with E-state index in [9.17, 15) is 4.79 Å². The van der Waals surface area contributed by atoms with Crippen LogP contribution in [0.1, 0.15) is 33.6 Å². The SMILES string of the molecule is CC(C)(C)OC(=O)N[C@@H]1CCCN(c2nc3ccccc3s2)C1. The lowest BCUT2D eigenvalue weighted by atomic mass is 10.1. The molecule has 1 aromatic heterocycles. The van der Waals surface area contributed by atoms with Crippen molar-refractivity contribution in [3.63, 3.8) is 0 Å². The second-order valence-corrected chi connectivity index (χ2v) is 7.90. The molecule has 1 saturated heterocycles. The number of rotatable bonds is 2. The van der Waals surface area contributed by atoms with E-state index in [1.807, 2.05) is 39.0 Å². The first-order valence-electron chi connectivity index (χ1n) is 8.01. The highest BCUT2D eigenvalue weighted by molar-refractivity contribution is 7.22. The molecule has 6 heteroatoms. The van der Waals surface area contributed by atoms with Gasteiger partial charge in [-0.3, -0.25) is 0 Å². The predicted molar refractivity (Wildman–Crippen MR) is 94.2 cm³/mol. The maximum Gasteiger partial charge on any atom is 0.407 e. The summed E-state index contributed by atoms with van der Waals surface area (Å²) >= 11 is 1.71. The van der Waals surface area contributed by atoms with Crippen LogP contribution in [0.15, 0.2) is 24.3 Å². The molecule has 124 valence electrons. The summed E-state index contributed by atoms with van der Waals surface area (Å²) < 4.78 is 6.55. The predicted octanol–water partition coefficient (Wildman–Crippen LogP) is 3.79. The van der Waals surface area contributed by atoms with Gasteiger partial charge < -0.3 is 15.0 Å². The van der Waals surface area contributed by atoms with Crippen molar-refractivity contribution in [3.8, 4) is 0 Å². The number of hydrogen-bond donors (Lipinski definition) is 1. The summed E-state index contributed by atoms with van der Waals surface area (Å²) in [5.74, 6) is 0. The molecule has 0 radical (unpaired) electrons. The molecular formula is C17H23N3O2S. The molecule has 5 nitrogen and oxygen atoms in total. The summed E-state index contributed by atoms with van der Waals surface area (Å²) in [5.41, 5.74) is 0.570. The number of para-hydroxylation sites is 1. The maximum absolute atomic E-state index is 11.9. The summed E-state index contributed by atoms with van der Waals surface area (Å²) in [6.45, 7) is 7.38. The van der Waals surface area contributed by atoms with Crippen LogP contribution in [-0.2, 0) is 4.74 Å². The molecule has 0 bridgehead atoms. The number of carbonyl (C=O) groups excluding carboxylic acids is 1.